The summed E-state index contributed by atoms with van der Waals surface area (Å²) in [6.07, 6.45) is 1.54. The molecule has 0 spiro atoms. The number of hydrogen-bond donors (Lipinski definition) is 1. The van der Waals surface area contributed by atoms with E-state index in [1.807, 2.05) is 0 Å². The van der Waals surface area contributed by atoms with E-state index in [1.54, 1.807) is 12.1 Å². The zero-order chi connectivity index (χ0) is 14.0. The van der Waals surface area contributed by atoms with Gasteiger partial charge >= 0.3 is 6.03 Å². The monoisotopic (exact) mass is 300 g/mol. The molecule has 0 radical (unpaired) electrons. The number of benzene rings is 1. The molecule has 1 aromatic rings. The van der Waals surface area contributed by atoms with E-state index in [4.69, 9.17) is 27.9 Å². The smallest absolute Gasteiger partial charge is 0.329 e. The molecule has 2 rings (SSSR count). The Balaban J connectivity index is 2.06. The van der Waals surface area contributed by atoms with E-state index < -0.39 is 11.9 Å². The van der Waals surface area contributed by atoms with Crippen LogP contribution in [0.3, 0.4) is 0 Å². The Bertz CT molecular complexity index is 572. The molecule has 5 nitrogen and oxygen atoms in total. The first-order chi connectivity index (χ1) is 9.02. The molecule has 1 aromatic carbocycles. The normalized spacial score (nSPS) is 14.4. The van der Waals surface area contributed by atoms with E-state index in [1.165, 1.54) is 19.3 Å². The Morgan fingerprint density at radius 1 is 1.37 bits per heavy atom. The highest BCUT2D eigenvalue weighted by molar-refractivity contribution is 6.42. The maximum atomic E-state index is 11.9. The topological polar surface area (TPSA) is 58.6 Å². The Morgan fingerprint density at radius 2 is 2.11 bits per heavy atom. The molecule has 0 unspecified atom stereocenters. The summed E-state index contributed by atoms with van der Waals surface area (Å²) in [6.45, 7) is 0.176. The summed E-state index contributed by atoms with van der Waals surface area (Å²) in [4.78, 5) is 24.7. The third-order valence-corrected chi connectivity index (χ3v) is 3.29. The standard InChI is InChI=1S/C12H10Cl2N2O3/c1-19-10-4-5-16(11(10)17)12(18)15-7-2-3-8(13)9(14)6-7/h2-4,6H,5H2,1H3,(H,15,18). The molecule has 7 heteroatoms. The number of hydrogen-bond acceptors (Lipinski definition) is 3. The van der Waals surface area contributed by atoms with Gasteiger partial charge in [-0.2, -0.15) is 0 Å². The molecular weight excluding hydrogens is 291 g/mol. The molecular formula is C12H10Cl2N2O3. The average Bonchev–Trinajstić information content (AvgIpc) is 2.75. The van der Waals surface area contributed by atoms with E-state index in [0.29, 0.717) is 15.7 Å². The first-order valence-corrected chi connectivity index (χ1v) is 6.10. The van der Waals surface area contributed by atoms with E-state index in [0.717, 1.165) is 4.90 Å². The summed E-state index contributed by atoms with van der Waals surface area (Å²) in [5, 5.41) is 3.27. The molecule has 0 saturated carbocycles. The van der Waals surface area contributed by atoms with Gasteiger partial charge in [0, 0.05) is 5.69 Å². The third-order valence-electron chi connectivity index (χ3n) is 2.55. The number of carbonyl (C=O) groups is 2. The van der Waals surface area contributed by atoms with E-state index in [-0.39, 0.29) is 12.3 Å². The molecule has 1 aliphatic rings. The minimum absolute atomic E-state index is 0.157. The van der Waals surface area contributed by atoms with Crippen LogP contribution in [0.5, 0.6) is 0 Å². The lowest BCUT2D eigenvalue weighted by Gasteiger charge is -2.15. The molecule has 3 amide bonds. The summed E-state index contributed by atoms with van der Waals surface area (Å²) in [5.41, 5.74) is 0.457. The van der Waals surface area contributed by atoms with Crippen LogP contribution in [0.1, 0.15) is 0 Å². The number of ether oxygens (including phenoxy) is 1. The zero-order valence-electron chi connectivity index (χ0n) is 9.94. The molecule has 0 aliphatic carbocycles. The molecule has 0 bridgehead atoms. The summed E-state index contributed by atoms with van der Waals surface area (Å²) < 4.78 is 4.84. The van der Waals surface area contributed by atoms with Crippen molar-refractivity contribution in [3.8, 4) is 0 Å². The molecule has 0 aromatic heterocycles. The van der Waals surface area contributed by atoms with Crippen molar-refractivity contribution < 1.29 is 14.3 Å². The molecule has 100 valence electrons. The Morgan fingerprint density at radius 3 is 2.68 bits per heavy atom. The summed E-state index contributed by atoms with van der Waals surface area (Å²) in [6, 6.07) is 4.11. The second kappa shape index (κ2) is 5.50. The summed E-state index contributed by atoms with van der Waals surface area (Å²) >= 11 is 11.6. The summed E-state index contributed by atoms with van der Waals surface area (Å²) in [7, 11) is 1.38. The van der Waals surface area contributed by atoms with E-state index in [2.05, 4.69) is 5.32 Å². The van der Waals surface area contributed by atoms with Crippen LogP contribution < -0.4 is 5.32 Å². The Hall–Kier alpha value is -1.72. The van der Waals surface area contributed by atoms with Gasteiger partial charge in [0.1, 0.15) is 0 Å². The Labute approximate surface area is 119 Å². The quantitative estimate of drug-likeness (QED) is 0.913. The number of urea groups is 1. The van der Waals surface area contributed by atoms with Crippen molar-refractivity contribution in [2.75, 3.05) is 19.0 Å². The van der Waals surface area contributed by atoms with Gasteiger partial charge < -0.3 is 10.1 Å². The van der Waals surface area contributed by atoms with Crippen LogP contribution in [0.4, 0.5) is 10.5 Å². The second-order valence-corrected chi connectivity index (χ2v) is 4.56. The maximum absolute atomic E-state index is 11.9. The number of rotatable bonds is 2. The second-order valence-electron chi connectivity index (χ2n) is 3.75. The van der Waals surface area contributed by atoms with Crippen LogP contribution >= 0.6 is 23.2 Å². The number of carbonyl (C=O) groups excluding carboxylic acids is 2. The fourth-order valence-corrected chi connectivity index (χ4v) is 1.89. The number of nitrogens with one attached hydrogen (secondary N) is 1. The fourth-order valence-electron chi connectivity index (χ4n) is 1.59. The first kappa shape index (κ1) is 13.7. The van der Waals surface area contributed by atoms with Gasteiger partial charge in [-0.25, -0.2) is 4.79 Å². The van der Waals surface area contributed by atoms with Gasteiger partial charge in [-0.3, -0.25) is 9.69 Å². The van der Waals surface area contributed by atoms with Crippen molar-refractivity contribution >= 4 is 40.8 Å². The van der Waals surface area contributed by atoms with Crippen molar-refractivity contribution in [1.82, 2.24) is 4.90 Å². The average molecular weight is 301 g/mol. The van der Waals surface area contributed by atoms with Crippen molar-refractivity contribution in [3.05, 3.63) is 40.1 Å². The van der Waals surface area contributed by atoms with Gasteiger partial charge in [-0.05, 0) is 24.3 Å². The van der Waals surface area contributed by atoms with E-state index >= 15 is 0 Å². The predicted octanol–water partition coefficient (Wildman–Crippen LogP) is 2.90. The van der Waals surface area contributed by atoms with Crippen LogP contribution in [0.15, 0.2) is 30.0 Å². The molecule has 1 aliphatic heterocycles. The fraction of sp³-hybridized carbons (Fsp3) is 0.167. The highest BCUT2D eigenvalue weighted by Gasteiger charge is 2.29. The molecule has 0 saturated heterocycles. The molecule has 0 atom stereocenters. The van der Waals surface area contributed by atoms with Crippen molar-refractivity contribution in [3.63, 3.8) is 0 Å². The SMILES string of the molecule is COC1=CCN(C(=O)Nc2ccc(Cl)c(Cl)c2)C1=O. The van der Waals surface area contributed by atoms with Gasteiger partial charge in [-0.15, -0.1) is 0 Å². The highest BCUT2D eigenvalue weighted by atomic mass is 35.5. The third kappa shape index (κ3) is 2.83. The van der Waals surface area contributed by atoms with Gasteiger partial charge in [0.25, 0.3) is 5.91 Å². The van der Waals surface area contributed by atoms with E-state index in [9.17, 15) is 9.59 Å². The van der Waals surface area contributed by atoms with Gasteiger partial charge in [0.15, 0.2) is 5.76 Å². The number of nitrogens with zero attached hydrogens (tertiary/aromatic N) is 1. The van der Waals surface area contributed by atoms with Crippen LogP contribution in [0.2, 0.25) is 10.0 Å². The van der Waals surface area contributed by atoms with Gasteiger partial charge in [0.05, 0.1) is 23.7 Å². The van der Waals surface area contributed by atoms with Crippen LogP contribution in [-0.4, -0.2) is 30.5 Å². The zero-order valence-corrected chi connectivity index (χ0v) is 11.5. The number of halogens is 2. The Kier molecular flexibility index (Phi) is 3.97. The lowest BCUT2D eigenvalue weighted by molar-refractivity contribution is -0.125. The maximum Gasteiger partial charge on any atom is 0.329 e. The summed E-state index contributed by atoms with van der Waals surface area (Å²) in [5.74, 6) is -0.315. The van der Waals surface area contributed by atoms with Crippen LogP contribution in [0.25, 0.3) is 0 Å². The molecule has 1 heterocycles. The highest BCUT2D eigenvalue weighted by Crippen LogP contribution is 2.25. The minimum atomic E-state index is -0.549. The van der Waals surface area contributed by atoms with Crippen LogP contribution in [0, 0.1) is 0 Å². The first-order valence-electron chi connectivity index (χ1n) is 5.35. The molecule has 1 N–H and O–H groups in total. The van der Waals surface area contributed by atoms with Gasteiger partial charge in [0.2, 0.25) is 0 Å². The number of amides is 3. The van der Waals surface area contributed by atoms with Crippen molar-refractivity contribution in [1.29, 1.82) is 0 Å². The number of methoxy groups -OCH3 is 1. The lowest BCUT2D eigenvalue weighted by atomic mass is 10.3. The van der Waals surface area contributed by atoms with Gasteiger partial charge in [-0.1, -0.05) is 23.2 Å². The molecule has 19 heavy (non-hydrogen) atoms. The van der Waals surface area contributed by atoms with Crippen molar-refractivity contribution in [2.45, 2.75) is 0 Å². The molecule has 0 fully saturated rings. The number of anilines is 1. The largest absolute Gasteiger partial charge is 0.491 e. The number of imide groups is 1. The predicted molar refractivity (Wildman–Crippen MR) is 72.3 cm³/mol. The minimum Gasteiger partial charge on any atom is -0.491 e. The lowest BCUT2D eigenvalue weighted by Crippen LogP contribution is -2.37. The van der Waals surface area contributed by atoms with Crippen LogP contribution in [-0.2, 0) is 9.53 Å². The van der Waals surface area contributed by atoms with Crippen molar-refractivity contribution in [2.24, 2.45) is 0 Å².